The van der Waals surface area contributed by atoms with Crippen molar-refractivity contribution in [2.75, 3.05) is 19.5 Å². The summed E-state index contributed by atoms with van der Waals surface area (Å²) in [6, 6.07) is 12.7. The fourth-order valence-corrected chi connectivity index (χ4v) is 3.66. The molecule has 1 aliphatic heterocycles. The molecule has 0 N–H and O–H groups in total. The first-order valence-corrected chi connectivity index (χ1v) is 10.1. The van der Waals surface area contributed by atoms with Crippen molar-refractivity contribution in [2.45, 2.75) is 18.7 Å². The maximum absolute atomic E-state index is 11.9. The van der Waals surface area contributed by atoms with E-state index in [1.54, 1.807) is 26.2 Å². The van der Waals surface area contributed by atoms with Crippen LogP contribution >= 0.6 is 0 Å². The molecule has 0 unspecified atom stereocenters. The molecule has 0 saturated carbocycles. The van der Waals surface area contributed by atoms with Gasteiger partial charge in [0.25, 0.3) is 0 Å². The number of benzene rings is 2. The Labute approximate surface area is 154 Å². The SMILES string of the molecule is CCS(=O)(=O)c1ccc(/C=C(\C)C2=Cc3ccc(OC)cc3OC2)cc1. The molecule has 3 rings (SSSR count). The molecule has 0 atom stereocenters. The van der Waals surface area contributed by atoms with E-state index in [9.17, 15) is 8.42 Å². The number of sulfone groups is 1. The van der Waals surface area contributed by atoms with E-state index < -0.39 is 9.84 Å². The molecular formula is C21H22O4S. The third-order valence-corrected chi connectivity index (χ3v) is 6.19. The quantitative estimate of drug-likeness (QED) is 0.784. The monoisotopic (exact) mass is 370 g/mol. The first-order chi connectivity index (χ1) is 12.4. The van der Waals surface area contributed by atoms with Crippen LogP contribution in [0, 0.1) is 0 Å². The fourth-order valence-electron chi connectivity index (χ4n) is 2.78. The van der Waals surface area contributed by atoms with Gasteiger partial charge in [-0.25, -0.2) is 8.42 Å². The maximum Gasteiger partial charge on any atom is 0.178 e. The molecule has 0 fully saturated rings. The van der Waals surface area contributed by atoms with Crippen LogP contribution in [0.4, 0.5) is 0 Å². The summed E-state index contributed by atoms with van der Waals surface area (Å²) in [6.07, 6.45) is 4.14. The molecule has 0 amide bonds. The largest absolute Gasteiger partial charge is 0.497 e. The number of hydrogen-bond acceptors (Lipinski definition) is 4. The number of fused-ring (bicyclic) bond motifs is 1. The molecule has 2 aromatic carbocycles. The van der Waals surface area contributed by atoms with Gasteiger partial charge in [-0.2, -0.15) is 0 Å². The van der Waals surface area contributed by atoms with Gasteiger partial charge >= 0.3 is 0 Å². The molecule has 0 bridgehead atoms. The summed E-state index contributed by atoms with van der Waals surface area (Å²) in [6.45, 7) is 4.17. The van der Waals surface area contributed by atoms with Crippen molar-refractivity contribution in [3.63, 3.8) is 0 Å². The number of ether oxygens (including phenoxy) is 2. The van der Waals surface area contributed by atoms with Crippen LogP contribution in [0.15, 0.2) is 58.5 Å². The van der Waals surface area contributed by atoms with Gasteiger partial charge in [0.15, 0.2) is 9.84 Å². The summed E-state index contributed by atoms with van der Waals surface area (Å²) in [5.74, 6) is 1.69. The number of rotatable bonds is 5. The molecule has 0 radical (unpaired) electrons. The Morgan fingerprint density at radius 2 is 1.92 bits per heavy atom. The molecule has 1 aliphatic rings. The van der Waals surface area contributed by atoms with Crippen LogP contribution in [-0.4, -0.2) is 27.9 Å². The first kappa shape index (κ1) is 18.3. The van der Waals surface area contributed by atoms with Crippen molar-refractivity contribution in [1.82, 2.24) is 0 Å². The second kappa shape index (κ2) is 7.38. The van der Waals surface area contributed by atoms with Crippen LogP contribution in [0.25, 0.3) is 12.2 Å². The van der Waals surface area contributed by atoms with Crippen molar-refractivity contribution in [3.8, 4) is 11.5 Å². The second-order valence-corrected chi connectivity index (χ2v) is 8.44. The number of methoxy groups -OCH3 is 1. The Hall–Kier alpha value is -2.53. The Balaban J connectivity index is 1.84. The maximum atomic E-state index is 11.9. The normalized spacial score (nSPS) is 14.3. The van der Waals surface area contributed by atoms with Gasteiger partial charge in [-0.1, -0.05) is 25.1 Å². The van der Waals surface area contributed by atoms with Crippen LogP contribution < -0.4 is 9.47 Å². The second-order valence-electron chi connectivity index (χ2n) is 6.16. The topological polar surface area (TPSA) is 52.6 Å². The Morgan fingerprint density at radius 3 is 2.58 bits per heavy atom. The van der Waals surface area contributed by atoms with Crippen LogP contribution in [0.1, 0.15) is 25.0 Å². The van der Waals surface area contributed by atoms with Gasteiger partial charge in [-0.3, -0.25) is 0 Å². The standard InChI is InChI=1S/C21H22O4S/c1-4-26(22,23)20-9-5-16(6-10-20)11-15(2)18-12-17-7-8-19(24-3)13-21(17)25-14-18/h5-13H,4,14H2,1-3H3/b15-11+. The zero-order valence-electron chi connectivity index (χ0n) is 15.2. The lowest BCUT2D eigenvalue weighted by molar-refractivity contribution is 0.344. The molecule has 136 valence electrons. The average Bonchev–Trinajstić information content (AvgIpc) is 2.67. The molecule has 0 saturated heterocycles. The minimum Gasteiger partial charge on any atom is -0.497 e. The third-order valence-electron chi connectivity index (χ3n) is 4.44. The van der Waals surface area contributed by atoms with E-state index in [1.807, 2.05) is 43.3 Å². The Bertz CT molecular complexity index is 968. The number of hydrogen-bond donors (Lipinski definition) is 0. The van der Waals surface area contributed by atoms with Gasteiger partial charge in [0.1, 0.15) is 18.1 Å². The predicted octanol–water partition coefficient (Wildman–Crippen LogP) is 4.37. The molecule has 0 aromatic heterocycles. The van der Waals surface area contributed by atoms with Gasteiger partial charge in [0.2, 0.25) is 0 Å². The fraction of sp³-hybridized carbons (Fsp3) is 0.238. The summed E-state index contributed by atoms with van der Waals surface area (Å²) < 4.78 is 34.9. The average molecular weight is 370 g/mol. The van der Waals surface area contributed by atoms with Crippen molar-refractivity contribution in [3.05, 3.63) is 64.7 Å². The molecule has 0 aliphatic carbocycles. The van der Waals surface area contributed by atoms with Gasteiger partial charge in [0, 0.05) is 11.6 Å². The van der Waals surface area contributed by atoms with E-state index in [2.05, 4.69) is 6.08 Å². The summed E-state index contributed by atoms with van der Waals surface area (Å²) >= 11 is 0. The van der Waals surface area contributed by atoms with Crippen molar-refractivity contribution in [1.29, 1.82) is 0 Å². The van der Waals surface area contributed by atoms with Gasteiger partial charge in [-0.15, -0.1) is 0 Å². The zero-order valence-corrected chi connectivity index (χ0v) is 16.0. The lowest BCUT2D eigenvalue weighted by Gasteiger charge is -2.19. The van der Waals surface area contributed by atoms with Gasteiger partial charge < -0.3 is 9.47 Å². The summed E-state index contributed by atoms with van der Waals surface area (Å²) in [5, 5.41) is 0. The van der Waals surface area contributed by atoms with Crippen LogP contribution in [0.5, 0.6) is 11.5 Å². The Morgan fingerprint density at radius 1 is 1.19 bits per heavy atom. The van der Waals surface area contributed by atoms with Crippen molar-refractivity contribution >= 4 is 22.0 Å². The van der Waals surface area contributed by atoms with Crippen LogP contribution in [-0.2, 0) is 9.84 Å². The highest BCUT2D eigenvalue weighted by Crippen LogP contribution is 2.32. The molecule has 4 nitrogen and oxygen atoms in total. The van der Waals surface area contributed by atoms with Crippen molar-refractivity contribution < 1.29 is 17.9 Å². The van der Waals surface area contributed by atoms with E-state index in [0.29, 0.717) is 11.5 Å². The highest BCUT2D eigenvalue weighted by Gasteiger charge is 2.14. The van der Waals surface area contributed by atoms with Gasteiger partial charge in [0.05, 0.1) is 17.8 Å². The summed E-state index contributed by atoms with van der Waals surface area (Å²) in [5.41, 5.74) is 4.15. The van der Waals surface area contributed by atoms with Crippen molar-refractivity contribution in [2.24, 2.45) is 0 Å². The zero-order chi connectivity index (χ0) is 18.7. The Kier molecular flexibility index (Phi) is 5.18. The minimum absolute atomic E-state index is 0.107. The van der Waals surface area contributed by atoms with E-state index in [0.717, 1.165) is 33.8 Å². The van der Waals surface area contributed by atoms with E-state index in [-0.39, 0.29) is 5.75 Å². The van der Waals surface area contributed by atoms with E-state index >= 15 is 0 Å². The lowest BCUT2D eigenvalue weighted by Crippen LogP contribution is -2.08. The van der Waals surface area contributed by atoms with Crippen LogP contribution in [0.2, 0.25) is 0 Å². The predicted molar refractivity (Wildman–Crippen MR) is 104 cm³/mol. The van der Waals surface area contributed by atoms with E-state index in [4.69, 9.17) is 9.47 Å². The molecular weight excluding hydrogens is 348 g/mol. The summed E-state index contributed by atoms with van der Waals surface area (Å²) in [7, 11) is -1.53. The minimum atomic E-state index is -3.17. The molecule has 0 spiro atoms. The molecule has 2 aromatic rings. The molecule has 5 heteroatoms. The molecule has 1 heterocycles. The van der Waals surface area contributed by atoms with Gasteiger partial charge in [-0.05, 0) is 54.0 Å². The molecule has 26 heavy (non-hydrogen) atoms. The lowest BCUT2D eigenvalue weighted by atomic mass is 10.00. The third kappa shape index (κ3) is 3.83. The van der Waals surface area contributed by atoms with E-state index in [1.165, 1.54) is 0 Å². The smallest absolute Gasteiger partial charge is 0.178 e. The summed E-state index contributed by atoms with van der Waals surface area (Å²) in [4.78, 5) is 0.359. The highest BCUT2D eigenvalue weighted by molar-refractivity contribution is 7.91. The van der Waals surface area contributed by atoms with Crippen LogP contribution in [0.3, 0.4) is 0 Å². The first-order valence-electron chi connectivity index (χ1n) is 8.46. The highest BCUT2D eigenvalue weighted by atomic mass is 32.2.